The van der Waals surface area contributed by atoms with Gasteiger partial charge in [-0.3, -0.25) is 14.4 Å². The van der Waals surface area contributed by atoms with E-state index in [0.717, 1.165) is 6.92 Å². The van der Waals surface area contributed by atoms with Crippen molar-refractivity contribution in [3.8, 4) is 5.75 Å². The third-order valence-corrected chi connectivity index (χ3v) is 3.12. The molecule has 2 aromatic rings. The molecule has 1 aromatic heterocycles. The number of benzene rings is 1. The van der Waals surface area contributed by atoms with Crippen LogP contribution in [0.25, 0.3) is 11.0 Å². The molecule has 0 radical (unpaired) electrons. The number of fused-ring (bicyclic) bond motifs is 3. The lowest BCUT2D eigenvalue weighted by Crippen LogP contribution is -2.40. The second-order valence-corrected chi connectivity index (χ2v) is 4.42. The first-order valence-corrected chi connectivity index (χ1v) is 5.83. The van der Waals surface area contributed by atoms with E-state index < -0.39 is 29.1 Å². The number of carbonyl (C=O) groups is 3. The molecule has 20 heavy (non-hydrogen) atoms. The van der Waals surface area contributed by atoms with Gasteiger partial charge in [0.05, 0.1) is 5.39 Å². The average molecular weight is 272 g/mol. The Bertz CT molecular complexity index is 829. The molecule has 6 nitrogen and oxygen atoms in total. The van der Waals surface area contributed by atoms with Crippen LogP contribution in [0.1, 0.15) is 17.3 Å². The van der Waals surface area contributed by atoms with Gasteiger partial charge in [-0.1, -0.05) is 12.1 Å². The van der Waals surface area contributed by atoms with Crippen molar-refractivity contribution in [2.75, 3.05) is 0 Å². The van der Waals surface area contributed by atoms with Crippen LogP contribution in [0.3, 0.4) is 0 Å². The molecule has 0 fully saturated rings. The molecule has 1 aliphatic heterocycles. The molecule has 0 amide bonds. The highest BCUT2D eigenvalue weighted by Gasteiger charge is 2.42. The second-order valence-electron chi connectivity index (χ2n) is 4.42. The van der Waals surface area contributed by atoms with Gasteiger partial charge in [0.2, 0.25) is 0 Å². The number of esters is 1. The van der Waals surface area contributed by atoms with Gasteiger partial charge in [-0.05, 0) is 19.1 Å². The van der Waals surface area contributed by atoms with Gasteiger partial charge in [-0.15, -0.1) is 0 Å². The summed E-state index contributed by atoms with van der Waals surface area (Å²) in [7, 11) is 0. The predicted octanol–water partition coefficient (Wildman–Crippen LogP) is 1.10. The van der Waals surface area contributed by atoms with Gasteiger partial charge in [0, 0.05) is 0 Å². The molecule has 0 saturated carbocycles. The molecule has 1 aliphatic rings. The van der Waals surface area contributed by atoms with Crippen LogP contribution in [-0.4, -0.2) is 17.5 Å². The summed E-state index contributed by atoms with van der Waals surface area (Å²) in [5.41, 5.74) is -1.09. The van der Waals surface area contributed by atoms with E-state index in [1.165, 1.54) is 6.07 Å². The topological polar surface area (TPSA) is 90.7 Å². The summed E-state index contributed by atoms with van der Waals surface area (Å²) in [6, 6.07) is 6.37. The summed E-state index contributed by atoms with van der Waals surface area (Å²) < 4.78 is 10.0. The summed E-state index contributed by atoms with van der Waals surface area (Å²) in [5, 5.41) is 0.339. The standard InChI is InChI=1S/C14H8O6/c1-6(15)9-11(16)10-12(20-13(9)17)7-4-2-3-5-8(7)19-14(10)18/h2-5,9H,1H3. The third kappa shape index (κ3) is 1.58. The zero-order chi connectivity index (χ0) is 14.4. The molecule has 3 rings (SSSR count). The number of ketones is 2. The minimum Gasteiger partial charge on any atom is -0.424 e. The molecular formula is C14H8O6. The van der Waals surface area contributed by atoms with Crippen LogP contribution in [0.2, 0.25) is 0 Å². The Balaban J connectivity index is 2.37. The lowest BCUT2D eigenvalue weighted by Gasteiger charge is -2.20. The van der Waals surface area contributed by atoms with Crippen molar-refractivity contribution in [1.29, 1.82) is 0 Å². The van der Waals surface area contributed by atoms with E-state index in [9.17, 15) is 19.2 Å². The molecule has 1 atom stereocenters. The normalized spacial score (nSPS) is 17.8. The number of rotatable bonds is 1. The lowest BCUT2D eigenvalue weighted by molar-refractivity contribution is -0.141. The minimum atomic E-state index is -1.59. The van der Waals surface area contributed by atoms with Gasteiger partial charge in [-0.25, -0.2) is 4.79 Å². The zero-order valence-corrected chi connectivity index (χ0v) is 10.3. The van der Waals surface area contributed by atoms with E-state index in [-0.39, 0.29) is 16.9 Å². The Morgan fingerprint density at radius 1 is 1.15 bits per heavy atom. The highest BCUT2D eigenvalue weighted by molar-refractivity contribution is 6.26. The number of ether oxygens (including phenoxy) is 1. The molecule has 0 N–H and O–H groups in total. The molecule has 1 unspecified atom stereocenters. The van der Waals surface area contributed by atoms with E-state index >= 15 is 0 Å². The van der Waals surface area contributed by atoms with Gasteiger partial charge in [0.1, 0.15) is 11.1 Å². The van der Waals surface area contributed by atoms with E-state index in [0.29, 0.717) is 5.39 Å². The van der Waals surface area contributed by atoms with Crippen molar-refractivity contribution >= 4 is 28.5 Å². The molecule has 0 spiro atoms. The SMILES string of the molecule is CC(=O)C1C(=O)Oc2c(c(=O)oc3ccccc23)C1=O. The van der Waals surface area contributed by atoms with Crippen molar-refractivity contribution in [2.24, 2.45) is 5.92 Å². The molecule has 0 bridgehead atoms. The van der Waals surface area contributed by atoms with Crippen molar-refractivity contribution < 1.29 is 23.5 Å². The van der Waals surface area contributed by atoms with E-state index in [1.807, 2.05) is 0 Å². The Morgan fingerprint density at radius 2 is 1.85 bits per heavy atom. The molecule has 0 saturated heterocycles. The molecular weight excluding hydrogens is 264 g/mol. The molecule has 100 valence electrons. The maximum Gasteiger partial charge on any atom is 0.351 e. The van der Waals surface area contributed by atoms with E-state index in [2.05, 4.69) is 0 Å². The Morgan fingerprint density at radius 3 is 2.55 bits per heavy atom. The summed E-state index contributed by atoms with van der Waals surface area (Å²) in [5.74, 6) is -4.23. The number of hydrogen-bond acceptors (Lipinski definition) is 6. The minimum absolute atomic E-state index is 0.135. The first kappa shape index (κ1) is 12.3. The van der Waals surface area contributed by atoms with Crippen LogP contribution in [0, 0.1) is 5.92 Å². The predicted molar refractivity (Wildman–Crippen MR) is 66.6 cm³/mol. The number of carbonyl (C=O) groups excluding carboxylic acids is 3. The highest BCUT2D eigenvalue weighted by Crippen LogP contribution is 2.33. The number of para-hydroxylation sites is 1. The summed E-state index contributed by atoms with van der Waals surface area (Å²) in [4.78, 5) is 47.1. The van der Waals surface area contributed by atoms with E-state index in [1.54, 1.807) is 18.2 Å². The summed E-state index contributed by atoms with van der Waals surface area (Å²) in [6.45, 7) is 1.09. The first-order valence-electron chi connectivity index (χ1n) is 5.83. The fourth-order valence-corrected chi connectivity index (χ4v) is 2.20. The van der Waals surface area contributed by atoms with Crippen LogP contribution < -0.4 is 10.4 Å². The molecule has 6 heteroatoms. The fraction of sp³-hybridized carbons (Fsp3) is 0.143. The monoisotopic (exact) mass is 272 g/mol. The van der Waals surface area contributed by atoms with Crippen LogP contribution in [-0.2, 0) is 9.59 Å². The quantitative estimate of drug-likeness (QED) is 0.438. The fourth-order valence-electron chi connectivity index (χ4n) is 2.20. The summed E-state index contributed by atoms with van der Waals surface area (Å²) >= 11 is 0. The smallest absolute Gasteiger partial charge is 0.351 e. The molecule has 1 aromatic carbocycles. The molecule has 2 heterocycles. The highest BCUT2D eigenvalue weighted by atomic mass is 16.5. The zero-order valence-electron chi connectivity index (χ0n) is 10.3. The number of hydrogen-bond donors (Lipinski definition) is 0. The van der Waals surface area contributed by atoms with Crippen LogP contribution in [0.5, 0.6) is 5.75 Å². The third-order valence-electron chi connectivity index (χ3n) is 3.12. The van der Waals surface area contributed by atoms with E-state index in [4.69, 9.17) is 9.15 Å². The van der Waals surface area contributed by atoms with Crippen molar-refractivity contribution in [2.45, 2.75) is 6.92 Å². The maximum atomic E-state index is 12.2. The Labute approximate surface area is 111 Å². The van der Waals surface area contributed by atoms with Crippen molar-refractivity contribution in [1.82, 2.24) is 0 Å². The first-order chi connectivity index (χ1) is 9.50. The largest absolute Gasteiger partial charge is 0.424 e. The Hall–Kier alpha value is -2.76. The molecule has 0 aliphatic carbocycles. The van der Waals surface area contributed by atoms with Crippen LogP contribution in [0.4, 0.5) is 0 Å². The van der Waals surface area contributed by atoms with Gasteiger partial charge in [0.15, 0.2) is 23.2 Å². The number of Topliss-reactive ketones (excluding diaryl/α,β-unsaturated/α-hetero) is 2. The Kier molecular flexibility index (Phi) is 2.53. The van der Waals surface area contributed by atoms with Gasteiger partial charge in [0.25, 0.3) is 0 Å². The van der Waals surface area contributed by atoms with Crippen molar-refractivity contribution in [3.05, 3.63) is 40.2 Å². The average Bonchev–Trinajstić information content (AvgIpc) is 2.37. The summed E-state index contributed by atoms with van der Waals surface area (Å²) in [6.07, 6.45) is 0. The van der Waals surface area contributed by atoms with Gasteiger partial charge >= 0.3 is 11.6 Å². The lowest BCUT2D eigenvalue weighted by atomic mass is 9.92. The van der Waals surface area contributed by atoms with Crippen LogP contribution in [0.15, 0.2) is 33.5 Å². The van der Waals surface area contributed by atoms with Crippen LogP contribution >= 0.6 is 0 Å². The maximum absolute atomic E-state index is 12.2. The van der Waals surface area contributed by atoms with Gasteiger partial charge in [-0.2, -0.15) is 0 Å². The second kappa shape index (κ2) is 4.12. The van der Waals surface area contributed by atoms with Crippen molar-refractivity contribution in [3.63, 3.8) is 0 Å². The van der Waals surface area contributed by atoms with Gasteiger partial charge < -0.3 is 9.15 Å².